The fraction of sp³-hybridized carbons (Fsp3) is 0.556. The first-order chi connectivity index (χ1) is 7.09. The number of carbonyl (C=O) groups is 1. The van der Waals surface area contributed by atoms with Gasteiger partial charge < -0.3 is 4.90 Å². The maximum Gasteiger partial charge on any atom is 0.274 e. The average molecular weight is 310 g/mol. The smallest absolute Gasteiger partial charge is 0.274 e. The Kier molecular flexibility index (Phi) is 3.33. The number of halogens is 2. The molecule has 82 valence electrons. The Balaban J connectivity index is 2.19. The molecule has 0 N–H and O–H groups in total. The summed E-state index contributed by atoms with van der Waals surface area (Å²) in [6.07, 6.45) is 0.856. The molecule has 2 heterocycles. The second kappa shape index (κ2) is 4.39. The van der Waals surface area contributed by atoms with Gasteiger partial charge in [-0.25, -0.2) is 4.98 Å². The highest BCUT2D eigenvalue weighted by Crippen LogP contribution is 2.27. The number of alkyl halides is 1. The van der Waals surface area contributed by atoms with Crippen molar-refractivity contribution in [1.29, 1.82) is 0 Å². The van der Waals surface area contributed by atoms with Gasteiger partial charge in [-0.2, -0.15) is 0 Å². The Morgan fingerprint density at radius 2 is 2.53 bits per heavy atom. The van der Waals surface area contributed by atoms with Crippen LogP contribution in [0.2, 0.25) is 0 Å². The van der Waals surface area contributed by atoms with Crippen molar-refractivity contribution in [2.45, 2.75) is 24.8 Å². The molecular formula is C9H10BrClN2OS. The van der Waals surface area contributed by atoms with E-state index in [1.165, 1.54) is 11.3 Å². The molecule has 2 atom stereocenters. The predicted molar refractivity (Wildman–Crippen MR) is 64.6 cm³/mol. The van der Waals surface area contributed by atoms with Gasteiger partial charge in [0.2, 0.25) is 0 Å². The quantitative estimate of drug-likeness (QED) is 0.747. The van der Waals surface area contributed by atoms with E-state index in [1.807, 2.05) is 6.92 Å². The van der Waals surface area contributed by atoms with Gasteiger partial charge in [0.1, 0.15) is 3.79 Å². The highest BCUT2D eigenvalue weighted by Gasteiger charge is 2.33. The van der Waals surface area contributed by atoms with E-state index < -0.39 is 0 Å². The number of likely N-dealkylation sites (tertiary alicyclic amines) is 1. The SMILES string of the molecule is CC1CC(Cl)CN1C(=O)c1ncsc1Br. The van der Waals surface area contributed by atoms with Crippen molar-refractivity contribution in [2.75, 3.05) is 6.54 Å². The van der Waals surface area contributed by atoms with Crippen molar-refractivity contribution in [3.05, 3.63) is 15.0 Å². The van der Waals surface area contributed by atoms with Crippen LogP contribution in [0.5, 0.6) is 0 Å². The molecule has 0 radical (unpaired) electrons. The van der Waals surface area contributed by atoms with Crippen molar-refractivity contribution in [1.82, 2.24) is 9.88 Å². The summed E-state index contributed by atoms with van der Waals surface area (Å²) in [7, 11) is 0. The normalized spacial score (nSPS) is 25.9. The zero-order chi connectivity index (χ0) is 11.0. The molecule has 1 aliphatic rings. The van der Waals surface area contributed by atoms with Crippen LogP contribution in [0, 0.1) is 0 Å². The maximum absolute atomic E-state index is 12.1. The van der Waals surface area contributed by atoms with E-state index >= 15 is 0 Å². The lowest BCUT2D eigenvalue weighted by Crippen LogP contribution is -2.34. The minimum Gasteiger partial charge on any atom is -0.333 e. The monoisotopic (exact) mass is 308 g/mol. The first kappa shape index (κ1) is 11.4. The number of aromatic nitrogens is 1. The Morgan fingerprint density at radius 1 is 1.80 bits per heavy atom. The van der Waals surface area contributed by atoms with Gasteiger partial charge in [0.05, 0.1) is 10.9 Å². The molecule has 3 nitrogen and oxygen atoms in total. The molecule has 0 saturated carbocycles. The van der Waals surface area contributed by atoms with Gasteiger partial charge in [0.25, 0.3) is 5.91 Å². The second-order valence-corrected chi connectivity index (χ2v) is 6.40. The van der Waals surface area contributed by atoms with Gasteiger partial charge in [0.15, 0.2) is 5.69 Å². The average Bonchev–Trinajstić information content (AvgIpc) is 2.71. The lowest BCUT2D eigenvalue weighted by Gasteiger charge is -2.20. The van der Waals surface area contributed by atoms with E-state index in [9.17, 15) is 4.79 Å². The van der Waals surface area contributed by atoms with Gasteiger partial charge in [-0.05, 0) is 29.3 Å². The molecular weight excluding hydrogens is 300 g/mol. The molecule has 0 aliphatic carbocycles. The van der Waals surface area contributed by atoms with Gasteiger partial charge >= 0.3 is 0 Å². The summed E-state index contributed by atoms with van der Waals surface area (Å²) in [6.45, 7) is 2.63. The van der Waals surface area contributed by atoms with Gasteiger partial charge in [-0.15, -0.1) is 22.9 Å². The Labute approximate surface area is 106 Å². The van der Waals surface area contributed by atoms with Crippen LogP contribution in [0.4, 0.5) is 0 Å². The largest absolute Gasteiger partial charge is 0.333 e. The van der Waals surface area contributed by atoms with E-state index in [-0.39, 0.29) is 17.3 Å². The van der Waals surface area contributed by atoms with E-state index in [0.29, 0.717) is 12.2 Å². The Morgan fingerprint density at radius 3 is 3.00 bits per heavy atom. The number of hydrogen-bond acceptors (Lipinski definition) is 3. The number of amides is 1. The fourth-order valence-electron chi connectivity index (χ4n) is 1.76. The van der Waals surface area contributed by atoms with Crippen LogP contribution in [0.15, 0.2) is 9.30 Å². The van der Waals surface area contributed by atoms with E-state index in [1.54, 1.807) is 10.4 Å². The van der Waals surface area contributed by atoms with Gasteiger partial charge in [-0.1, -0.05) is 0 Å². The molecule has 1 aromatic heterocycles. The molecule has 2 unspecified atom stereocenters. The van der Waals surface area contributed by atoms with Gasteiger partial charge in [0, 0.05) is 12.6 Å². The molecule has 1 fully saturated rings. The molecule has 0 bridgehead atoms. The first-order valence-electron chi connectivity index (χ1n) is 4.63. The van der Waals surface area contributed by atoms with Gasteiger partial charge in [-0.3, -0.25) is 4.79 Å². The summed E-state index contributed by atoms with van der Waals surface area (Å²) in [4.78, 5) is 17.9. The topological polar surface area (TPSA) is 33.2 Å². The van der Waals surface area contributed by atoms with Crippen molar-refractivity contribution in [3.63, 3.8) is 0 Å². The Hall–Kier alpha value is -0.130. The third-order valence-corrected chi connectivity index (χ3v) is 4.37. The fourth-order valence-corrected chi connectivity index (χ4v) is 3.19. The standard InChI is InChI=1S/C9H10BrClN2OS/c1-5-2-6(11)3-13(5)9(14)7-8(10)15-4-12-7/h4-6H,2-3H2,1H3. The number of thiazole rings is 1. The lowest BCUT2D eigenvalue weighted by molar-refractivity contribution is 0.0741. The summed E-state index contributed by atoms with van der Waals surface area (Å²) >= 11 is 10.8. The molecule has 15 heavy (non-hydrogen) atoms. The molecule has 0 aromatic carbocycles. The predicted octanol–water partition coefficient (Wildman–Crippen LogP) is 2.75. The summed E-state index contributed by atoms with van der Waals surface area (Å²) in [5, 5.41) is 0.0707. The summed E-state index contributed by atoms with van der Waals surface area (Å²) in [6, 6.07) is 0.202. The zero-order valence-electron chi connectivity index (χ0n) is 8.11. The highest BCUT2D eigenvalue weighted by molar-refractivity contribution is 9.11. The first-order valence-corrected chi connectivity index (χ1v) is 6.74. The lowest BCUT2D eigenvalue weighted by atomic mass is 10.2. The summed E-state index contributed by atoms with van der Waals surface area (Å²) in [5.74, 6) is -0.0289. The minimum absolute atomic E-state index is 0.0289. The van der Waals surface area contributed by atoms with Crippen LogP contribution >= 0.6 is 38.9 Å². The van der Waals surface area contributed by atoms with Crippen molar-refractivity contribution in [2.24, 2.45) is 0 Å². The molecule has 1 aliphatic heterocycles. The zero-order valence-corrected chi connectivity index (χ0v) is 11.3. The number of rotatable bonds is 1. The number of hydrogen-bond donors (Lipinski definition) is 0. The molecule has 1 aromatic rings. The highest BCUT2D eigenvalue weighted by atomic mass is 79.9. The third kappa shape index (κ3) is 2.19. The van der Waals surface area contributed by atoms with Crippen LogP contribution in [0.3, 0.4) is 0 Å². The minimum atomic E-state index is -0.0289. The summed E-state index contributed by atoms with van der Waals surface area (Å²) in [5.41, 5.74) is 2.16. The van der Waals surface area contributed by atoms with E-state index in [4.69, 9.17) is 11.6 Å². The molecule has 0 spiro atoms. The third-order valence-electron chi connectivity index (χ3n) is 2.51. The summed E-state index contributed by atoms with van der Waals surface area (Å²) < 4.78 is 0.790. The molecule has 2 rings (SSSR count). The maximum atomic E-state index is 12.1. The second-order valence-electron chi connectivity index (χ2n) is 3.61. The van der Waals surface area contributed by atoms with E-state index in [2.05, 4.69) is 20.9 Å². The van der Waals surface area contributed by atoms with Crippen LogP contribution in [-0.2, 0) is 0 Å². The Bertz CT molecular complexity index is 384. The molecule has 1 amide bonds. The van der Waals surface area contributed by atoms with Crippen LogP contribution < -0.4 is 0 Å². The number of carbonyl (C=O) groups excluding carboxylic acids is 1. The van der Waals surface area contributed by atoms with Crippen molar-refractivity contribution < 1.29 is 4.79 Å². The van der Waals surface area contributed by atoms with Crippen LogP contribution in [0.1, 0.15) is 23.8 Å². The van der Waals surface area contributed by atoms with Crippen LogP contribution in [0.25, 0.3) is 0 Å². The van der Waals surface area contributed by atoms with Crippen molar-refractivity contribution in [3.8, 4) is 0 Å². The van der Waals surface area contributed by atoms with Crippen molar-refractivity contribution >= 4 is 44.8 Å². The number of nitrogens with zero attached hydrogens (tertiary/aromatic N) is 2. The molecule has 6 heteroatoms. The molecule has 1 saturated heterocycles. The van der Waals surface area contributed by atoms with Crippen LogP contribution in [-0.4, -0.2) is 33.8 Å². The van der Waals surface area contributed by atoms with E-state index in [0.717, 1.165) is 10.2 Å².